The SMILES string of the molecule is CCCCNC(=O)c1cc(S(N)(=O)=O)ccc1C. The van der Waals surface area contributed by atoms with Gasteiger partial charge in [-0.15, -0.1) is 0 Å². The van der Waals surface area contributed by atoms with E-state index in [1.807, 2.05) is 6.92 Å². The van der Waals surface area contributed by atoms with Gasteiger partial charge in [0.1, 0.15) is 0 Å². The lowest BCUT2D eigenvalue weighted by Crippen LogP contribution is -2.25. The third-order valence-electron chi connectivity index (χ3n) is 2.60. The highest BCUT2D eigenvalue weighted by molar-refractivity contribution is 7.89. The molecule has 1 aromatic rings. The molecule has 1 aromatic carbocycles. The van der Waals surface area contributed by atoms with E-state index in [0.717, 1.165) is 18.4 Å². The largest absolute Gasteiger partial charge is 0.352 e. The summed E-state index contributed by atoms with van der Waals surface area (Å²) in [6, 6.07) is 4.29. The molecule has 6 heteroatoms. The first-order chi connectivity index (χ1) is 8.36. The molecule has 0 radical (unpaired) electrons. The molecule has 18 heavy (non-hydrogen) atoms. The van der Waals surface area contributed by atoms with Crippen LogP contribution in [0.3, 0.4) is 0 Å². The van der Waals surface area contributed by atoms with E-state index in [2.05, 4.69) is 5.32 Å². The number of carbonyl (C=O) groups excluding carboxylic acids is 1. The molecule has 0 aromatic heterocycles. The first kappa shape index (κ1) is 14.7. The van der Waals surface area contributed by atoms with Gasteiger partial charge in [0.15, 0.2) is 0 Å². The average molecular weight is 270 g/mol. The zero-order valence-electron chi connectivity index (χ0n) is 10.6. The van der Waals surface area contributed by atoms with Crippen LogP contribution >= 0.6 is 0 Å². The monoisotopic (exact) mass is 270 g/mol. The molecule has 0 saturated heterocycles. The van der Waals surface area contributed by atoms with Gasteiger partial charge in [-0.2, -0.15) is 0 Å². The number of unbranched alkanes of at least 4 members (excludes halogenated alkanes) is 1. The van der Waals surface area contributed by atoms with Gasteiger partial charge < -0.3 is 5.32 Å². The highest BCUT2D eigenvalue weighted by Crippen LogP contribution is 2.14. The van der Waals surface area contributed by atoms with Crippen LogP contribution in [0.2, 0.25) is 0 Å². The van der Waals surface area contributed by atoms with Gasteiger partial charge in [-0.05, 0) is 31.0 Å². The minimum absolute atomic E-state index is 0.0475. The summed E-state index contributed by atoms with van der Waals surface area (Å²) < 4.78 is 22.5. The van der Waals surface area contributed by atoms with Crippen molar-refractivity contribution in [3.63, 3.8) is 0 Å². The van der Waals surface area contributed by atoms with Crippen LogP contribution in [0.5, 0.6) is 0 Å². The van der Waals surface area contributed by atoms with Gasteiger partial charge >= 0.3 is 0 Å². The fraction of sp³-hybridized carbons (Fsp3) is 0.417. The standard InChI is InChI=1S/C12H18N2O3S/c1-3-4-7-14-12(15)11-8-10(18(13,16)17)6-5-9(11)2/h5-6,8H,3-4,7H2,1-2H3,(H,14,15)(H2,13,16,17). The molecule has 1 rings (SSSR count). The van der Waals surface area contributed by atoms with Crippen molar-refractivity contribution in [3.8, 4) is 0 Å². The van der Waals surface area contributed by atoms with E-state index in [9.17, 15) is 13.2 Å². The number of rotatable bonds is 5. The topological polar surface area (TPSA) is 89.3 Å². The van der Waals surface area contributed by atoms with E-state index in [1.165, 1.54) is 12.1 Å². The van der Waals surface area contributed by atoms with Gasteiger partial charge in [0.25, 0.3) is 5.91 Å². The molecule has 3 N–H and O–H groups in total. The van der Waals surface area contributed by atoms with E-state index < -0.39 is 10.0 Å². The lowest BCUT2D eigenvalue weighted by molar-refractivity contribution is 0.0952. The molecule has 0 atom stereocenters. The number of hydrogen-bond acceptors (Lipinski definition) is 3. The number of amides is 1. The van der Waals surface area contributed by atoms with Crippen LogP contribution in [0.1, 0.15) is 35.7 Å². The number of nitrogens with one attached hydrogen (secondary N) is 1. The van der Waals surface area contributed by atoms with Crippen LogP contribution in [0, 0.1) is 6.92 Å². The molecule has 0 bridgehead atoms. The quantitative estimate of drug-likeness (QED) is 0.787. The Bertz CT molecular complexity index is 538. The van der Waals surface area contributed by atoms with Crippen LogP contribution in [0.15, 0.2) is 23.1 Å². The maximum Gasteiger partial charge on any atom is 0.251 e. The molecule has 1 amide bonds. The Morgan fingerprint density at radius 2 is 2.06 bits per heavy atom. The van der Waals surface area contributed by atoms with Crippen molar-refractivity contribution in [2.75, 3.05) is 6.54 Å². The number of primary sulfonamides is 1. The second-order valence-corrected chi connectivity index (χ2v) is 5.69. The smallest absolute Gasteiger partial charge is 0.251 e. The summed E-state index contributed by atoms with van der Waals surface area (Å²) in [5.41, 5.74) is 1.06. The van der Waals surface area contributed by atoms with E-state index in [-0.39, 0.29) is 10.8 Å². The molecular formula is C12H18N2O3S. The zero-order valence-corrected chi connectivity index (χ0v) is 11.4. The third-order valence-corrected chi connectivity index (χ3v) is 3.51. The molecule has 0 saturated carbocycles. The van der Waals surface area contributed by atoms with E-state index in [1.54, 1.807) is 13.0 Å². The first-order valence-corrected chi connectivity index (χ1v) is 7.32. The van der Waals surface area contributed by atoms with Crippen LogP contribution in [0.4, 0.5) is 0 Å². The van der Waals surface area contributed by atoms with Gasteiger partial charge in [-0.1, -0.05) is 19.4 Å². The number of nitrogens with two attached hydrogens (primary N) is 1. The number of benzene rings is 1. The van der Waals surface area contributed by atoms with Gasteiger partial charge in [0.2, 0.25) is 10.0 Å². The fourth-order valence-electron chi connectivity index (χ4n) is 1.50. The normalized spacial score (nSPS) is 11.3. The molecule has 0 aliphatic heterocycles. The minimum Gasteiger partial charge on any atom is -0.352 e. The molecule has 0 fully saturated rings. The number of aryl methyl sites for hydroxylation is 1. The molecule has 5 nitrogen and oxygen atoms in total. The van der Waals surface area contributed by atoms with Crippen LogP contribution in [-0.2, 0) is 10.0 Å². The maximum absolute atomic E-state index is 11.9. The van der Waals surface area contributed by atoms with Gasteiger partial charge in [-0.25, -0.2) is 13.6 Å². The van der Waals surface area contributed by atoms with Crippen molar-refractivity contribution in [2.24, 2.45) is 5.14 Å². The summed E-state index contributed by atoms with van der Waals surface area (Å²) in [5, 5.41) is 7.78. The highest BCUT2D eigenvalue weighted by Gasteiger charge is 2.14. The highest BCUT2D eigenvalue weighted by atomic mass is 32.2. The van der Waals surface area contributed by atoms with Crippen molar-refractivity contribution >= 4 is 15.9 Å². The van der Waals surface area contributed by atoms with Gasteiger partial charge in [0.05, 0.1) is 4.90 Å². The van der Waals surface area contributed by atoms with E-state index >= 15 is 0 Å². The Hall–Kier alpha value is -1.40. The summed E-state index contributed by atoms with van der Waals surface area (Å²) >= 11 is 0. The maximum atomic E-state index is 11.9. The predicted octanol–water partition coefficient (Wildman–Crippen LogP) is 1.17. The summed E-state index contributed by atoms with van der Waals surface area (Å²) in [6.45, 7) is 4.36. The first-order valence-electron chi connectivity index (χ1n) is 5.78. The van der Waals surface area contributed by atoms with Crippen molar-refractivity contribution in [3.05, 3.63) is 29.3 Å². The molecular weight excluding hydrogens is 252 g/mol. The molecule has 0 unspecified atom stereocenters. The Kier molecular flexibility index (Phi) is 4.86. The lowest BCUT2D eigenvalue weighted by atomic mass is 10.1. The molecule has 100 valence electrons. The van der Waals surface area contributed by atoms with E-state index in [0.29, 0.717) is 12.1 Å². The molecule has 0 aliphatic carbocycles. The zero-order chi connectivity index (χ0) is 13.8. The Balaban J connectivity index is 2.97. The fourth-order valence-corrected chi connectivity index (χ4v) is 2.04. The Labute approximate surface area is 107 Å². The van der Waals surface area contributed by atoms with Crippen LogP contribution in [0.25, 0.3) is 0 Å². The van der Waals surface area contributed by atoms with E-state index in [4.69, 9.17) is 5.14 Å². The Morgan fingerprint density at radius 1 is 1.39 bits per heavy atom. The lowest BCUT2D eigenvalue weighted by Gasteiger charge is -2.08. The van der Waals surface area contributed by atoms with Crippen molar-refractivity contribution in [2.45, 2.75) is 31.6 Å². The summed E-state index contributed by atoms with van der Waals surface area (Å²) in [4.78, 5) is 11.8. The van der Waals surface area contributed by atoms with Gasteiger partial charge in [0, 0.05) is 12.1 Å². The third kappa shape index (κ3) is 3.82. The minimum atomic E-state index is -3.78. The van der Waals surface area contributed by atoms with Crippen molar-refractivity contribution in [1.29, 1.82) is 0 Å². The number of hydrogen-bond donors (Lipinski definition) is 2. The van der Waals surface area contributed by atoms with Crippen LogP contribution in [-0.4, -0.2) is 20.9 Å². The second kappa shape index (κ2) is 5.97. The number of sulfonamides is 1. The van der Waals surface area contributed by atoms with Crippen LogP contribution < -0.4 is 10.5 Å². The molecule has 0 aliphatic rings. The van der Waals surface area contributed by atoms with Crippen molar-refractivity contribution < 1.29 is 13.2 Å². The molecule has 0 heterocycles. The summed E-state index contributed by atoms with van der Waals surface area (Å²) in [7, 11) is -3.78. The molecule has 0 spiro atoms. The number of carbonyl (C=O) groups is 1. The average Bonchev–Trinajstić information content (AvgIpc) is 2.28. The predicted molar refractivity (Wildman–Crippen MR) is 69.8 cm³/mol. The second-order valence-electron chi connectivity index (χ2n) is 4.13. The summed E-state index contributed by atoms with van der Waals surface area (Å²) in [5.74, 6) is -0.272. The Morgan fingerprint density at radius 3 is 2.61 bits per heavy atom. The summed E-state index contributed by atoms with van der Waals surface area (Å²) in [6.07, 6.45) is 1.87. The van der Waals surface area contributed by atoms with Gasteiger partial charge in [-0.3, -0.25) is 4.79 Å². The van der Waals surface area contributed by atoms with Crippen molar-refractivity contribution in [1.82, 2.24) is 5.32 Å².